The van der Waals surface area contributed by atoms with Crippen LogP contribution in [0.5, 0.6) is 0 Å². The summed E-state index contributed by atoms with van der Waals surface area (Å²) in [6.45, 7) is 3.38. The van der Waals surface area contributed by atoms with Gasteiger partial charge in [-0.2, -0.15) is 0 Å². The zero-order valence-corrected chi connectivity index (χ0v) is 17.6. The Morgan fingerprint density at radius 3 is 1.41 bits per heavy atom. The molecule has 0 saturated carbocycles. The molecule has 6 heteroatoms. The van der Waals surface area contributed by atoms with Gasteiger partial charge in [-0.25, -0.2) is 9.97 Å². The van der Waals surface area contributed by atoms with E-state index in [4.69, 9.17) is 19.4 Å². The van der Waals surface area contributed by atoms with E-state index in [0.29, 0.717) is 12.2 Å². The fourth-order valence-electron chi connectivity index (χ4n) is 3.73. The van der Waals surface area contributed by atoms with Crippen molar-refractivity contribution >= 4 is 22.4 Å². The first-order valence-electron chi connectivity index (χ1n) is 11.0. The van der Waals surface area contributed by atoms with Crippen LogP contribution >= 0.6 is 0 Å². The van der Waals surface area contributed by atoms with Crippen molar-refractivity contribution in [1.82, 2.24) is 9.97 Å². The van der Waals surface area contributed by atoms with Crippen molar-refractivity contribution in [2.24, 2.45) is 0 Å². The normalized spacial score (nSPS) is 19.0. The lowest BCUT2D eigenvalue weighted by atomic mass is 10.0. The molecule has 2 aliphatic rings. The number of hydrogen-bond acceptors (Lipinski definition) is 6. The standard InChI is InChI=1S/C26H24N4O2/c1-2-4-24-23(3-1)29-25(17-5-9-19(10-6-17)27-13-21-15-31-21)26(30-24)18-7-11-20(12-8-18)28-14-22-16-32-22/h1-12,21-22,27-28H,13-16H2. The van der Waals surface area contributed by atoms with Gasteiger partial charge < -0.3 is 20.1 Å². The molecule has 32 heavy (non-hydrogen) atoms. The maximum atomic E-state index is 5.28. The van der Waals surface area contributed by atoms with Crippen LogP contribution in [0.3, 0.4) is 0 Å². The maximum absolute atomic E-state index is 5.28. The number of rotatable bonds is 8. The highest BCUT2D eigenvalue weighted by atomic mass is 16.6. The van der Waals surface area contributed by atoms with Gasteiger partial charge in [0.05, 0.1) is 47.8 Å². The lowest BCUT2D eigenvalue weighted by Crippen LogP contribution is -2.07. The van der Waals surface area contributed by atoms with Crippen molar-refractivity contribution in [1.29, 1.82) is 0 Å². The topological polar surface area (TPSA) is 74.9 Å². The summed E-state index contributed by atoms with van der Waals surface area (Å²) in [5.74, 6) is 0. The van der Waals surface area contributed by atoms with Crippen molar-refractivity contribution in [3.8, 4) is 22.5 Å². The minimum absolute atomic E-state index is 0.349. The molecule has 1 aromatic heterocycles. The smallest absolute Gasteiger partial charge is 0.0981 e. The number of nitrogens with one attached hydrogen (secondary N) is 2. The Morgan fingerprint density at radius 2 is 1.03 bits per heavy atom. The molecule has 0 radical (unpaired) electrons. The second-order valence-corrected chi connectivity index (χ2v) is 8.24. The molecular weight excluding hydrogens is 400 g/mol. The molecule has 4 aromatic rings. The van der Waals surface area contributed by atoms with Crippen LogP contribution < -0.4 is 10.6 Å². The van der Waals surface area contributed by atoms with Crippen molar-refractivity contribution in [3.05, 3.63) is 72.8 Å². The third kappa shape index (κ3) is 4.28. The lowest BCUT2D eigenvalue weighted by Gasteiger charge is -2.12. The highest BCUT2D eigenvalue weighted by Crippen LogP contribution is 2.32. The highest BCUT2D eigenvalue weighted by molar-refractivity contribution is 5.86. The molecule has 3 heterocycles. The van der Waals surface area contributed by atoms with Gasteiger partial charge in [0.1, 0.15) is 0 Å². The van der Waals surface area contributed by atoms with Crippen LogP contribution in [0, 0.1) is 0 Å². The largest absolute Gasteiger partial charge is 0.382 e. The zero-order chi connectivity index (χ0) is 21.3. The number of aromatic nitrogens is 2. The van der Waals surface area contributed by atoms with Gasteiger partial charge in [-0.3, -0.25) is 0 Å². The Hall–Kier alpha value is -3.48. The summed E-state index contributed by atoms with van der Waals surface area (Å²) in [5.41, 5.74) is 7.79. The van der Waals surface area contributed by atoms with Crippen LogP contribution in [0.1, 0.15) is 0 Å². The van der Waals surface area contributed by atoms with E-state index in [-0.39, 0.29) is 0 Å². The summed E-state index contributed by atoms with van der Waals surface area (Å²) in [6, 6.07) is 24.8. The molecule has 2 unspecified atom stereocenters. The summed E-state index contributed by atoms with van der Waals surface area (Å²) < 4.78 is 10.6. The minimum atomic E-state index is 0.349. The Kier molecular flexibility index (Phi) is 4.94. The number of ether oxygens (including phenoxy) is 2. The van der Waals surface area contributed by atoms with Crippen LogP contribution in [-0.2, 0) is 9.47 Å². The molecule has 3 aromatic carbocycles. The third-order valence-corrected chi connectivity index (χ3v) is 5.76. The first-order chi connectivity index (χ1) is 15.8. The first kappa shape index (κ1) is 19.2. The summed E-state index contributed by atoms with van der Waals surface area (Å²) >= 11 is 0. The van der Waals surface area contributed by atoms with Crippen LogP contribution in [0.15, 0.2) is 72.8 Å². The van der Waals surface area contributed by atoms with Crippen molar-refractivity contribution in [2.45, 2.75) is 12.2 Å². The van der Waals surface area contributed by atoms with Crippen LogP contribution in [0.25, 0.3) is 33.5 Å². The van der Waals surface area contributed by atoms with E-state index in [1.54, 1.807) is 0 Å². The van der Waals surface area contributed by atoms with Crippen LogP contribution in [0.4, 0.5) is 11.4 Å². The van der Waals surface area contributed by atoms with Gasteiger partial charge in [-0.15, -0.1) is 0 Å². The Bertz CT molecular complexity index is 1140. The third-order valence-electron chi connectivity index (χ3n) is 5.76. The van der Waals surface area contributed by atoms with Gasteiger partial charge in [0.25, 0.3) is 0 Å². The lowest BCUT2D eigenvalue weighted by molar-refractivity contribution is 0.416. The molecule has 0 aliphatic carbocycles. The molecule has 6 rings (SSSR count). The van der Waals surface area contributed by atoms with E-state index in [2.05, 4.69) is 59.2 Å². The Labute approximate surface area is 186 Å². The van der Waals surface area contributed by atoms with Crippen LogP contribution in [-0.4, -0.2) is 48.5 Å². The fraction of sp³-hybridized carbons (Fsp3) is 0.231. The number of benzene rings is 3. The number of anilines is 2. The number of epoxide rings is 2. The molecule has 2 aliphatic heterocycles. The average molecular weight is 425 g/mol. The van der Waals surface area contributed by atoms with E-state index < -0.39 is 0 Å². The van der Waals surface area contributed by atoms with E-state index in [1.807, 2.05) is 24.3 Å². The van der Waals surface area contributed by atoms with Gasteiger partial charge in [0.2, 0.25) is 0 Å². The second kappa shape index (κ2) is 8.22. The minimum Gasteiger partial charge on any atom is -0.382 e. The molecule has 2 N–H and O–H groups in total. The molecule has 2 fully saturated rings. The van der Waals surface area contributed by atoms with Crippen molar-refractivity contribution in [2.75, 3.05) is 36.9 Å². The molecule has 6 nitrogen and oxygen atoms in total. The van der Waals surface area contributed by atoms with Gasteiger partial charge in [-0.1, -0.05) is 36.4 Å². The van der Waals surface area contributed by atoms with Gasteiger partial charge in [0.15, 0.2) is 0 Å². The van der Waals surface area contributed by atoms with E-state index in [9.17, 15) is 0 Å². The first-order valence-corrected chi connectivity index (χ1v) is 11.0. The summed E-state index contributed by atoms with van der Waals surface area (Å²) in [7, 11) is 0. The zero-order valence-electron chi connectivity index (χ0n) is 17.6. The number of para-hydroxylation sites is 2. The summed E-state index contributed by atoms with van der Waals surface area (Å²) in [4.78, 5) is 9.98. The van der Waals surface area contributed by atoms with Crippen molar-refractivity contribution < 1.29 is 9.47 Å². The molecule has 0 spiro atoms. The Balaban J connectivity index is 1.33. The molecule has 2 atom stereocenters. The van der Waals surface area contributed by atoms with Gasteiger partial charge in [-0.05, 0) is 36.4 Å². The average Bonchev–Trinajstić information content (AvgIpc) is 3.77. The fourth-order valence-corrected chi connectivity index (χ4v) is 3.73. The number of fused-ring (bicyclic) bond motifs is 1. The highest BCUT2D eigenvalue weighted by Gasteiger charge is 2.22. The van der Waals surface area contributed by atoms with E-state index in [1.165, 1.54) is 0 Å². The van der Waals surface area contributed by atoms with E-state index in [0.717, 1.165) is 71.2 Å². The predicted octanol–water partition coefficient (Wildman–Crippen LogP) is 4.59. The second-order valence-electron chi connectivity index (χ2n) is 8.24. The number of nitrogens with zero attached hydrogens (tertiary/aromatic N) is 2. The molecule has 0 amide bonds. The maximum Gasteiger partial charge on any atom is 0.0981 e. The SMILES string of the molecule is c1ccc2nc(-c3ccc(NCC4CO4)cc3)c(-c3ccc(NCC4CO4)cc3)nc2c1. The summed E-state index contributed by atoms with van der Waals surface area (Å²) in [6.07, 6.45) is 0.698. The number of hydrogen-bond donors (Lipinski definition) is 2. The quantitative estimate of drug-likeness (QED) is 0.403. The molecule has 0 bridgehead atoms. The Morgan fingerprint density at radius 1 is 0.625 bits per heavy atom. The van der Waals surface area contributed by atoms with Crippen LogP contribution in [0.2, 0.25) is 0 Å². The van der Waals surface area contributed by atoms with Gasteiger partial charge >= 0.3 is 0 Å². The predicted molar refractivity (Wildman–Crippen MR) is 127 cm³/mol. The molecule has 2 saturated heterocycles. The van der Waals surface area contributed by atoms with Gasteiger partial charge in [0, 0.05) is 35.6 Å². The monoisotopic (exact) mass is 424 g/mol. The molecule has 160 valence electrons. The molecular formula is C26H24N4O2. The summed E-state index contributed by atoms with van der Waals surface area (Å²) in [5, 5.41) is 6.83. The van der Waals surface area contributed by atoms with E-state index >= 15 is 0 Å². The van der Waals surface area contributed by atoms with Crippen molar-refractivity contribution in [3.63, 3.8) is 0 Å².